The van der Waals surface area contributed by atoms with Gasteiger partial charge in [0.25, 0.3) is 0 Å². The summed E-state index contributed by atoms with van der Waals surface area (Å²) in [5, 5.41) is 12.6. The molecule has 0 bridgehead atoms. The molecule has 0 atom stereocenters. The first-order chi connectivity index (χ1) is 8.29. The standard InChI is InChI=1S/C13H11ClN2O/c14-13-5-10(6-15)1-2-12(13)8-16-7-11-3-4-17-9-11/h1-5,9,16H,7-8H2. The highest BCUT2D eigenvalue weighted by Gasteiger charge is 2.02. The average Bonchev–Trinajstić information content (AvgIpc) is 2.84. The molecule has 0 amide bonds. The van der Waals surface area contributed by atoms with E-state index in [2.05, 4.69) is 11.4 Å². The number of hydrogen-bond donors (Lipinski definition) is 1. The van der Waals surface area contributed by atoms with Gasteiger partial charge in [-0.15, -0.1) is 0 Å². The summed E-state index contributed by atoms with van der Waals surface area (Å²) in [6, 6.07) is 9.27. The Morgan fingerprint density at radius 2 is 2.18 bits per heavy atom. The molecule has 17 heavy (non-hydrogen) atoms. The van der Waals surface area contributed by atoms with Gasteiger partial charge in [0.05, 0.1) is 24.2 Å². The van der Waals surface area contributed by atoms with Gasteiger partial charge in [-0.3, -0.25) is 0 Å². The molecule has 1 aromatic carbocycles. The van der Waals surface area contributed by atoms with Gasteiger partial charge in [-0.2, -0.15) is 5.26 Å². The summed E-state index contributed by atoms with van der Waals surface area (Å²) in [6.07, 6.45) is 3.35. The fraction of sp³-hybridized carbons (Fsp3) is 0.154. The van der Waals surface area contributed by atoms with E-state index in [1.54, 1.807) is 24.7 Å². The molecule has 2 rings (SSSR count). The summed E-state index contributed by atoms with van der Waals surface area (Å²) in [5.74, 6) is 0. The molecule has 4 heteroatoms. The number of nitrogens with one attached hydrogen (secondary N) is 1. The van der Waals surface area contributed by atoms with E-state index in [0.717, 1.165) is 17.7 Å². The zero-order valence-corrected chi connectivity index (χ0v) is 9.87. The van der Waals surface area contributed by atoms with Gasteiger partial charge in [0.2, 0.25) is 0 Å². The first kappa shape index (κ1) is 11.7. The fourth-order valence-electron chi connectivity index (χ4n) is 1.49. The van der Waals surface area contributed by atoms with Crippen LogP contribution in [0.15, 0.2) is 41.2 Å². The Morgan fingerprint density at radius 1 is 1.29 bits per heavy atom. The van der Waals surface area contributed by atoms with Crippen molar-refractivity contribution in [3.8, 4) is 6.07 Å². The molecule has 0 spiro atoms. The minimum atomic E-state index is 0.577. The van der Waals surface area contributed by atoms with Gasteiger partial charge < -0.3 is 9.73 Å². The minimum absolute atomic E-state index is 0.577. The molecule has 0 aliphatic heterocycles. The Labute approximate surface area is 105 Å². The first-order valence-electron chi connectivity index (χ1n) is 5.20. The number of nitriles is 1. The predicted octanol–water partition coefficient (Wildman–Crippen LogP) is 3.09. The van der Waals surface area contributed by atoms with Gasteiger partial charge >= 0.3 is 0 Å². The SMILES string of the molecule is N#Cc1ccc(CNCc2ccoc2)c(Cl)c1. The van der Waals surface area contributed by atoms with E-state index in [9.17, 15) is 0 Å². The van der Waals surface area contributed by atoms with Gasteiger partial charge in [-0.1, -0.05) is 17.7 Å². The number of nitrogens with zero attached hydrogens (tertiary/aromatic N) is 1. The fourth-order valence-corrected chi connectivity index (χ4v) is 1.74. The van der Waals surface area contributed by atoms with E-state index in [-0.39, 0.29) is 0 Å². The molecule has 86 valence electrons. The molecule has 3 nitrogen and oxygen atoms in total. The van der Waals surface area contributed by atoms with Crippen LogP contribution < -0.4 is 5.32 Å². The van der Waals surface area contributed by atoms with E-state index in [1.807, 2.05) is 12.1 Å². The van der Waals surface area contributed by atoms with Crippen LogP contribution in [0.25, 0.3) is 0 Å². The van der Waals surface area contributed by atoms with E-state index < -0.39 is 0 Å². The monoisotopic (exact) mass is 246 g/mol. The Balaban J connectivity index is 1.93. The zero-order chi connectivity index (χ0) is 12.1. The van der Waals surface area contributed by atoms with Crippen LogP contribution in [0.3, 0.4) is 0 Å². The van der Waals surface area contributed by atoms with Crippen LogP contribution >= 0.6 is 11.6 Å². The highest BCUT2D eigenvalue weighted by molar-refractivity contribution is 6.31. The van der Waals surface area contributed by atoms with Crippen molar-refractivity contribution in [2.24, 2.45) is 0 Å². The molecule has 0 saturated heterocycles. The summed E-state index contributed by atoms with van der Waals surface area (Å²) >= 11 is 6.06. The molecular weight excluding hydrogens is 236 g/mol. The number of hydrogen-bond acceptors (Lipinski definition) is 3. The Kier molecular flexibility index (Phi) is 3.81. The minimum Gasteiger partial charge on any atom is -0.472 e. The van der Waals surface area contributed by atoms with Crippen molar-refractivity contribution >= 4 is 11.6 Å². The molecule has 0 fully saturated rings. The topological polar surface area (TPSA) is 49.0 Å². The smallest absolute Gasteiger partial charge is 0.0992 e. The maximum absolute atomic E-state index is 8.72. The molecule has 1 aromatic heterocycles. The molecule has 1 heterocycles. The van der Waals surface area contributed by atoms with Gasteiger partial charge in [0.15, 0.2) is 0 Å². The normalized spacial score (nSPS) is 10.1. The van der Waals surface area contributed by atoms with Crippen molar-refractivity contribution < 1.29 is 4.42 Å². The lowest BCUT2D eigenvalue weighted by molar-refractivity contribution is 0.560. The largest absolute Gasteiger partial charge is 0.472 e. The third kappa shape index (κ3) is 3.10. The van der Waals surface area contributed by atoms with Crippen LogP contribution in [0, 0.1) is 11.3 Å². The second-order valence-corrected chi connectivity index (χ2v) is 4.06. The molecule has 0 saturated carbocycles. The van der Waals surface area contributed by atoms with Crippen molar-refractivity contribution in [1.29, 1.82) is 5.26 Å². The van der Waals surface area contributed by atoms with Crippen LogP contribution in [0.2, 0.25) is 5.02 Å². The van der Waals surface area contributed by atoms with Crippen LogP contribution in [0.1, 0.15) is 16.7 Å². The maximum Gasteiger partial charge on any atom is 0.0992 e. The third-order valence-electron chi connectivity index (χ3n) is 2.41. The first-order valence-corrected chi connectivity index (χ1v) is 5.57. The molecule has 2 aromatic rings. The summed E-state index contributed by atoms with van der Waals surface area (Å²) in [4.78, 5) is 0. The third-order valence-corrected chi connectivity index (χ3v) is 2.76. The van der Waals surface area contributed by atoms with Crippen LogP contribution in [0.4, 0.5) is 0 Å². The summed E-state index contributed by atoms with van der Waals surface area (Å²) in [5.41, 5.74) is 2.65. The van der Waals surface area contributed by atoms with Gasteiger partial charge in [-0.25, -0.2) is 0 Å². The highest BCUT2D eigenvalue weighted by atomic mass is 35.5. The molecular formula is C13H11ClN2O. The van der Waals surface area contributed by atoms with Crippen molar-refractivity contribution in [2.75, 3.05) is 0 Å². The molecule has 0 unspecified atom stereocenters. The summed E-state index contributed by atoms with van der Waals surface area (Å²) in [7, 11) is 0. The number of furan rings is 1. The van der Waals surface area contributed by atoms with Crippen molar-refractivity contribution in [3.63, 3.8) is 0 Å². The lowest BCUT2D eigenvalue weighted by atomic mass is 10.1. The molecule has 0 aliphatic carbocycles. The van der Waals surface area contributed by atoms with E-state index >= 15 is 0 Å². The maximum atomic E-state index is 8.72. The predicted molar refractivity (Wildman–Crippen MR) is 65.4 cm³/mol. The van der Waals surface area contributed by atoms with Crippen LogP contribution in [0.5, 0.6) is 0 Å². The van der Waals surface area contributed by atoms with Crippen molar-refractivity contribution in [1.82, 2.24) is 5.32 Å². The number of halogens is 1. The van der Waals surface area contributed by atoms with Crippen LogP contribution in [-0.4, -0.2) is 0 Å². The van der Waals surface area contributed by atoms with Gasteiger partial charge in [0, 0.05) is 23.7 Å². The second-order valence-electron chi connectivity index (χ2n) is 3.65. The molecule has 0 radical (unpaired) electrons. The van der Waals surface area contributed by atoms with E-state index in [4.69, 9.17) is 21.3 Å². The molecule has 1 N–H and O–H groups in total. The van der Waals surface area contributed by atoms with Crippen LogP contribution in [-0.2, 0) is 13.1 Å². The number of benzene rings is 1. The zero-order valence-electron chi connectivity index (χ0n) is 9.11. The quantitative estimate of drug-likeness (QED) is 0.902. The summed E-state index contributed by atoms with van der Waals surface area (Å²) in [6.45, 7) is 1.39. The van der Waals surface area contributed by atoms with E-state index in [0.29, 0.717) is 17.1 Å². The lowest BCUT2D eigenvalue weighted by Gasteiger charge is -2.05. The lowest BCUT2D eigenvalue weighted by Crippen LogP contribution is -2.12. The summed E-state index contributed by atoms with van der Waals surface area (Å²) < 4.78 is 4.97. The number of rotatable bonds is 4. The Hall–Kier alpha value is -1.76. The van der Waals surface area contributed by atoms with Crippen molar-refractivity contribution in [3.05, 3.63) is 58.5 Å². The highest BCUT2D eigenvalue weighted by Crippen LogP contribution is 2.17. The Morgan fingerprint density at radius 3 is 2.82 bits per heavy atom. The Bertz CT molecular complexity index is 529. The average molecular weight is 247 g/mol. The van der Waals surface area contributed by atoms with E-state index in [1.165, 1.54) is 0 Å². The van der Waals surface area contributed by atoms with Gasteiger partial charge in [-0.05, 0) is 23.8 Å². The molecule has 0 aliphatic rings. The van der Waals surface area contributed by atoms with Gasteiger partial charge in [0.1, 0.15) is 0 Å². The van der Waals surface area contributed by atoms with Crippen molar-refractivity contribution in [2.45, 2.75) is 13.1 Å². The second kappa shape index (κ2) is 5.53.